The second kappa shape index (κ2) is 11.0. The van der Waals surface area contributed by atoms with Gasteiger partial charge in [-0.1, -0.05) is 20.8 Å². The summed E-state index contributed by atoms with van der Waals surface area (Å²) >= 11 is 0. The van der Waals surface area contributed by atoms with Crippen LogP contribution in [0.2, 0.25) is 0 Å². The highest BCUT2D eigenvalue weighted by Gasteiger charge is 2.37. The van der Waals surface area contributed by atoms with Crippen LogP contribution in [0.15, 0.2) is 18.2 Å². The minimum absolute atomic E-state index is 0.000390. The average molecular weight is 496 g/mol. The summed E-state index contributed by atoms with van der Waals surface area (Å²) in [6.07, 6.45) is -6.87. The Balaban J connectivity index is 1.82. The molecule has 1 aliphatic carbocycles. The van der Waals surface area contributed by atoms with Crippen molar-refractivity contribution in [1.29, 1.82) is 0 Å². The van der Waals surface area contributed by atoms with Gasteiger partial charge in [0.25, 0.3) is 5.91 Å². The molecule has 1 fully saturated rings. The summed E-state index contributed by atoms with van der Waals surface area (Å²) in [6.45, 7) is 6.78. The molecule has 34 heavy (non-hydrogen) atoms. The molecule has 11 heteroatoms. The van der Waals surface area contributed by atoms with Gasteiger partial charge < -0.3 is 16.0 Å². The number of hydrogen-bond acceptors (Lipinski definition) is 3. The standard InChI is InChI=1S/C23H31F6N3O2/c1-21(2,3)20(34)31-9-8-30-18-6-4-14(5-7-18)13-32-19(33)15-10-16(22(24,25)26)12-17(11-15)23(27,28)29/h10-12,14,18,30H,4-9,13H2,1-3H3,(H,31,34)(H,32,33). The van der Waals surface area contributed by atoms with E-state index in [0.29, 0.717) is 25.2 Å². The van der Waals surface area contributed by atoms with Crippen LogP contribution in [-0.4, -0.2) is 37.5 Å². The zero-order valence-electron chi connectivity index (χ0n) is 19.4. The molecule has 5 nitrogen and oxygen atoms in total. The van der Waals surface area contributed by atoms with E-state index in [1.165, 1.54) is 0 Å². The van der Waals surface area contributed by atoms with E-state index >= 15 is 0 Å². The van der Waals surface area contributed by atoms with Crippen molar-refractivity contribution in [3.63, 3.8) is 0 Å². The number of carbonyl (C=O) groups excluding carboxylic acids is 2. The highest BCUT2D eigenvalue weighted by atomic mass is 19.4. The molecule has 0 spiro atoms. The minimum atomic E-state index is -5.00. The SMILES string of the molecule is CC(C)(C)C(=O)NCCNC1CCC(CNC(=O)c2cc(C(F)(F)F)cc(C(F)(F)F)c2)CC1. The van der Waals surface area contributed by atoms with Crippen molar-refractivity contribution in [2.24, 2.45) is 11.3 Å². The van der Waals surface area contributed by atoms with Crippen molar-refractivity contribution in [2.75, 3.05) is 19.6 Å². The number of halogens is 6. The Morgan fingerprint density at radius 3 is 1.82 bits per heavy atom. The Morgan fingerprint density at radius 2 is 1.35 bits per heavy atom. The third-order valence-corrected chi connectivity index (χ3v) is 5.77. The number of rotatable bonds is 7. The molecule has 0 aliphatic heterocycles. The van der Waals surface area contributed by atoms with Crippen molar-refractivity contribution in [1.82, 2.24) is 16.0 Å². The number of nitrogens with one attached hydrogen (secondary N) is 3. The smallest absolute Gasteiger partial charge is 0.354 e. The van der Waals surface area contributed by atoms with Crippen LogP contribution in [0.4, 0.5) is 26.3 Å². The predicted octanol–water partition coefficient (Wildman–Crippen LogP) is 4.76. The summed E-state index contributed by atoms with van der Waals surface area (Å²) in [5.41, 5.74) is -4.16. The summed E-state index contributed by atoms with van der Waals surface area (Å²) in [4.78, 5) is 24.2. The summed E-state index contributed by atoms with van der Waals surface area (Å²) in [5, 5.41) is 8.70. The topological polar surface area (TPSA) is 70.2 Å². The first-order chi connectivity index (χ1) is 15.6. The molecule has 1 saturated carbocycles. The highest BCUT2D eigenvalue weighted by molar-refractivity contribution is 5.94. The Morgan fingerprint density at radius 1 is 0.824 bits per heavy atom. The van der Waals surface area contributed by atoms with E-state index in [1.54, 1.807) is 0 Å². The lowest BCUT2D eigenvalue weighted by atomic mass is 9.86. The van der Waals surface area contributed by atoms with Crippen LogP contribution in [0, 0.1) is 11.3 Å². The monoisotopic (exact) mass is 495 g/mol. The molecule has 3 N–H and O–H groups in total. The van der Waals surface area contributed by atoms with E-state index in [2.05, 4.69) is 16.0 Å². The van der Waals surface area contributed by atoms with Crippen LogP contribution < -0.4 is 16.0 Å². The second-order valence-corrected chi connectivity index (χ2v) is 9.68. The van der Waals surface area contributed by atoms with Gasteiger partial charge in [-0.05, 0) is 49.8 Å². The maximum atomic E-state index is 13.0. The van der Waals surface area contributed by atoms with Crippen molar-refractivity contribution < 1.29 is 35.9 Å². The second-order valence-electron chi connectivity index (χ2n) is 9.68. The van der Waals surface area contributed by atoms with Crippen LogP contribution in [0.3, 0.4) is 0 Å². The van der Waals surface area contributed by atoms with Crippen molar-refractivity contribution in [2.45, 2.75) is 64.8 Å². The lowest BCUT2D eigenvalue weighted by molar-refractivity contribution is -0.143. The molecular formula is C23H31F6N3O2. The largest absolute Gasteiger partial charge is 0.416 e. The first kappa shape index (κ1) is 27.9. The zero-order chi connectivity index (χ0) is 25.7. The molecule has 0 heterocycles. The maximum absolute atomic E-state index is 13.0. The molecule has 1 aromatic rings. The highest BCUT2D eigenvalue weighted by Crippen LogP contribution is 2.36. The first-order valence-corrected chi connectivity index (χ1v) is 11.2. The van der Waals surface area contributed by atoms with Crippen molar-refractivity contribution in [3.05, 3.63) is 34.9 Å². The van der Waals surface area contributed by atoms with Crippen LogP contribution in [0.5, 0.6) is 0 Å². The van der Waals surface area contributed by atoms with Crippen LogP contribution in [-0.2, 0) is 17.1 Å². The fraction of sp³-hybridized carbons (Fsp3) is 0.652. The number of benzene rings is 1. The summed E-state index contributed by atoms with van der Waals surface area (Å²) < 4.78 is 77.9. The minimum Gasteiger partial charge on any atom is -0.354 e. The van der Waals surface area contributed by atoms with E-state index in [9.17, 15) is 35.9 Å². The third-order valence-electron chi connectivity index (χ3n) is 5.77. The Bertz CT molecular complexity index is 821. The van der Waals surface area contributed by atoms with Gasteiger partial charge in [-0.25, -0.2) is 0 Å². The van der Waals surface area contributed by atoms with Crippen LogP contribution in [0.25, 0.3) is 0 Å². The molecule has 0 bridgehead atoms. The average Bonchev–Trinajstić information content (AvgIpc) is 2.73. The van der Waals surface area contributed by atoms with Gasteiger partial charge in [-0.3, -0.25) is 9.59 Å². The van der Waals surface area contributed by atoms with Gasteiger partial charge in [0.1, 0.15) is 0 Å². The van der Waals surface area contributed by atoms with Gasteiger partial charge in [-0.2, -0.15) is 26.3 Å². The molecule has 1 aromatic carbocycles. The molecule has 0 aromatic heterocycles. The maximum Gasteiger partial charge on any atom is 0.416 e. The van der Waals surface area contributed by atoms with Crippen molar-refractivity contribution >= 4 is 11.8 Å². The van der Waals surface area contributed by atoms with Crippen LogP contribution >= 0.6 is 0 Å². The van der Waals surface area contributed by atoms with E-state index in [4.69, 9.17) is 0 Å². The van der Waals surface area contributed by atoms with E-state index in [0.717, 1.165) is 25.7 Å². The van der Waals surface area contributed by atoms with Crippen LogP contribution in [0.1, 0.15) is 67.9 Å². The zero-order valence-corrected chi connectivity index (χ0v) is 19.4. The van der Waals surface area contributed by atoms with Gasteiger partial charge in [-0.15, -0.1) is 0 Å². The lowest BCUT2D eigenvalue weighted by Gasteiger charge is -2.29. The fourth-order valence-electron chi connectivity index (χ4n) is 3.71. The van der Waals surface area contributed by atoms with E-state index in [-0.39, 0.29) is 30.5 Å². The van der Waals surface area contributed by atoms with Gasteiger partial charge >= 0.3 is 12.4 Å². The normalized spacial score (nSPS) is 19.6. The van der Waals surface area contributed by atoms with E-state index in [1.807, 2.05) is 20.8 Å². The summed E-state index contributed by atoms with van der Waals surface area (Å²) in [5.74, 6) is -0.918. The molecule has 0 atom stereocenters. The quantitative estimate of drug-likeness (QED) is 0.377. The summed E-state index contributed by atoms with van der Waals surface area (Å²) in [7, 11) is 0. The predicted molar refractivity (Wildman–Crippen MR) is 115 cm³/mol. The number of carbonyl (C=O) groups is 2. The molecule has 0 unspecified atom stereocenters. The molecule has 1 aliphatic rings. The molecule has 0 saturated heterocycles. The number of hydrogen-bond donors (Lipinski definition) is 3. The Hall–Kier alpha value is -2.30. The van der Waals surface area contributed by atoms with E-state index < -0.39 is 40.4 Å². The molecule has 192 valence electrons. The molecule has 2 amide bonds. The van der Waals surface area contributed by atoms with Gasteiger partial charge in [0.2, 0.25) is 5.91 Å². The Labute approximate surface area is 195 Å². The van der Waals surface area contributed by atoms with Gasteiger partial charge in [0.15, 0.2) is 0 Å². The third kappa shape index (κ3) is 8.48. The number of amides is 2. The fourth-order valence-corrected chi connectivity index (χ4v) is 3.71. The van der Waals surface area contributed by atoms with Gasteiger partial charge in [0.05, 0.1) is 11.1 Å². The number of alkyl halides is 6. The summed E-state index contributed by atoms with van der Waals surface area (Å²) in [6, 6.07) is 1.11. The Kier molecular flexibility index (Phi) is 9.01. The molecular weight excluding hydrogens is 464 g/mol. The first-order valence-electron chi connectivity index (χ1n) is 11.2. The molecule has 0 radical (unpaired) electrons. The molecule has 2 rings (SSSR count). The van der Waals surface area contributed by atoms with Crippen molar-refractivity contribution in [3.8, 4) is 0 Å². The lowest BCUT2D eigenvalue weighted by Crippen LogP contribution is -2.42. The van der Waals surface area contributed by atoms with Gasteiger partial charge in [0, 0.05) is 36.7 Å².